The Morgan fingerprint density at radius 1 is 0.840 bits per heavy atom. The van der Waals surface area contributed by atoms with Crippen molar-refractivity contribution in [3.8, 4) is 16.9 Å². The summed E-state index contributed by atoms with van der Waals surface area (Å²) >= 11 is 0. The molecule has 2 aromatic carbocycles. The van der Waals surface area contributed by atoms with Gasteiger partial charge in [0.15, 0.2) is 23.2 Å². The summed E-state index contributed by atoms with van der Waals surface area (Å²) in [6.45, 7) is 9.67. The second-order valence-electron chi connectivity index (χ2n) is 5.48. The Morgan fingerprint density at radius 2 is 1.36 bits per heavy atom. The fourth-order valence-corrected chi connectivity index (χ4v) is 2.09. The van der Waals surface area contributed by atoms with E-state index in [1.54, 1.807) is 0 Å². The van der Waals surface area contributed by atoms with Gasteiger partial charge in [0.25, 0.3) is 0 Å². The average molecular weight is 350 g/mol. The number of hydrogen-bond acceptors (Lipinski definition) is 2. The molecule has 0 saturated heterocycles. The third-order valence-electron chi connectivity index (χ3n) is 3.43. The summed E-state index contributed by atoms with van der Waals surface area (Å²) in [5.41, 5.74) is -0.743. The molecule has 0 heterocycles. The van der Waals surface area contributed by atoms with E-state index in [-0.39, 0.29) is 16.7 Å². The van der Waals surface area contributed by atoms with Gasteiger partial charge in [0.1, 0.15) is 0 Å². The number of hydrogen-bond donors (Lipinski definition) is 0. The lowest BCUT2D eigenvalue weighted by Crippen LogP contribution is -2.10. The number of allylic oxidation sites excluding steroid dienone is 1. The highest BCUT2D eigenvalue weighted by atomic mass is 19.2. The minimum atomic E-state index is -1.49. The number of carbonyl (C=O) groups is 1. The molecule has 0 saturated carbocycles. The van der Waals surface area contributed by atoms with Gasteiger partial charge in [-0.3, -0.25) is 0 Å². The molecule has 0 bridgehead atoms. The van der Waals surface area contributed by atoms with Crippen LogP contribution in [-0.4, -0.2) is 5.97 Å². The monoisotopic (exact) mass is 350 g/mol. The number of esters is 1. The zero-order chi connectivity index (χ0) is 18.9. The lowest BCUT2D eigenvalue weighted by Gasteiger charge is -2.12. The van der Waals surface area contributed by atoms with Crippen molar-refractivity contribution in [1.82, 2.24) is 0 Å². The van der Waals surface area contributed by atoms with Crippen molar-refractivity contribution in [1.29, 1.82) is 0 Å². The van der Waals surface area contributed by atoms with E-state index in [0.29, 0.717) is 0 Å². The third-order valence-corrected chi connectivity index (χ3v) is 3.43. The van der Waals surface area contributed by atoms with E-state index in [1.165, 1.54) is 19.9 Å². The Balaban J connectivity index is 2.54. The van der Waals surface area contributed by atoms with Crippen molar-refractivity contribution in [2.45, 2.75) is 13.8 Å². The van der Waals surface area contributed by atoms with Crippen LogP contribution in [0.5, 0.6) is 5.75 Å². The largest absolute Gasteiger partial charge is 0.420 e. The third kappa shape index (κ3) is 3.47. The smallest absolute Gasteiger partial charge is 0.338 e. The fourth-order valence-electron chi connectivity index (χ4n) is 2.09. The van der Waals surface area contributed by atoms with Gasteiger partial charge < -0.3 is 4.74 Å². The van der Waals surface area contributed by atoms with Crippen LogP contribution < -0.4 is 4.74 Å². The molecule has 25 heavy (non-hydrogen) atoms. The van der Waals surface area contributed by atoms with Gasteiger partial charge in [-0.2, -0.15) is 4.39 Å². The molecule has 0 aliphatic heterocycles. The molecule has 0 spiro atoms. The molecule has 0 aliphatic carbocycles. The molecule has 0 aromatic heterocycles. The van der Waals surface area contributed by atoms with Gasteiger partial charge in [-0.25, -0.2) is 18.0 Å². The number of carbonyl (C=O) groups excluding carboxylic acids is 1. The zero-order valence-corrected chi connectivity index (χ0v) is 13.6. The van der Waals surface area contributed by atoms with E-state index in [0.717, 1.165) is 18.2 Å². The predicted molar refractivity (Wildman–Crippen MR) is 86.9 cm³/mol. The van der Waals surface area contributed by atoms with Gasteiger partial charge in [-0.15, -0.1) is 0 Å². The molecule has 0 N–H and O–H groups in total. The van der Waals surface area contributed by atoms with E-state index in [1.807, 2.05) is 0 Å². The topological polar surface area (TPSA) is 26.3 Å². The molecule has 0 amide bonds. The molecule has 0 radical (unpaired) electrons. The van der Waals surface area contributed by atoms with Crippen molar-refractivity contribution in [2.24, 2.45) is 0 Å². The highest BCUT2D eigenvalue weighted by Gasteiger charge is 2.22. The summed E-state index contributed by atoms with van der Waals surface area (Å²) < 4.78 is 61.3. The molecule has 0 unspecified atom stereocenters. The maximum absolute atomic E-state index is 14.3. The molecule has 0 fully saturated rings. The summed E-state index contributed by atoms with van der Waals surface area (Å²) in [5, 5.41) is 0. The molecular weight excluding hydrogens is 336 g/mol. The van der Waals surface area contributed by atoms with E-state index in [2.05, 4.69) is 17.9 Å². The Labute approximate surface area is 142 Å². The summed E-state index contributed by atoms with van der Waals surface area (Å²) in [5.74, 6) is -7.10. The predicted octanol–water partition coefficient (Wildman–Crippen LogP) is 5.42. The summed E-state index contributed by atoms with van der Waals surface area (Å²) in [6, 6.07) is 4.30. The minimum Gasteiger partial charge on any atom is -0.420 e. The van der Waals surface area contributed by atoms with E-state index in [9.17, 15) is 22.4 Å². The first-order valence-electron chi connectivity index (χ1n) is 7.15. The lowest BCUT2D eigenvalue weighted by atomic mass is 9.99. The van der Waals surface area contributed by atoms with Crippen molar-refractivity contribution in [2.75, 3.05) is 0 Å². The van der Waals surface area contributed by atoms with Crippen LogP contribution >= 0.6 is 0 Å². The molecule has 0 aliphatic rings. The molecular formula is C19H14F4O2. The van der Waals surface area contributed by atoms with E-state index >= 15 is 0 Å². The highest BCUT2D eigenvalue weighted by molar-refractivity contribution is 5.88. The van der Waals surface area contributed by atoms with Gasteiger partial charge >= 0.3 is 5.97 Å². The normalized spacial score (nSPS) is 10.5. The van der Waals surface area contributed by atoms with Gasteiger partial charge in [0.05, 0.1) is 0 Å². The number of ether oxygens (including phenoxy) is 1. The van der Waals surface area contributed by atoms with Gasteiger partial charge in [-0.1, -0.05) is 25.3 Å². The van der Waals surface area contributed by atoms with Crippen LogP contribution in [0, 0.1) is 23.3 Å². The highest BCUT2D eigenvalue weighted by Crippen LogP contribution is 2.34. The molecule has 130 valence electrons. The van der Waals surface area contributed by atoms with Gasteiger partial charge in [0, 0.05) is 22.3 Å². The van der Waals surface area contributed by atoms with Crippen LogP contribution in [0.3, 0.4) is 0 Å². The summed E-state index contributed by atoms with van der Waals surface area (Å²) in [6.07, 6.45) is 0. The second-order valence-corrected chi connectivity index (χ2v) is 5.48. The zero-order valence-electron chi connectivity index (χ0n) is 13.6. The van der Waals surface area contributed by atoms with Crippen molar-refractivity contribution >= 4 is 11.5 Å². The Morgan fingerprint density at radius 3 is 1.88 bits per heavy atom. The first kappa shape index (κ1) is 18.4. The second kappa shape index (κ2) is 6.93. The van der Waals surface area contributed by atoms with Crippen LogP contribution in [0.1, 0.15) is 19.4 Å². The maximum atomic E-state index is 14.3. The van der Waals surface area contributed by atoms with Crippen LogP contribution in [0.25, 0.3) is 16.7 Å². The van der Waals surface area contributed by atoms with Crippen molar-refractivity contribution in [3.05, 3.63) is 71.8 Å². The van der Waals surface area contributed by atoms with Crippen molar-refractivity contribution < 1.29 is 27.1 Å². The van der Waals surface area contributed by atoms with Crippen LogP contribution in [-0.2, 0) is 4.79 Å². The van der Waals surface area contributed by atoms with E-state index in [4.69, 9.17) is 0 Å². The quantitative estimate of drug-likeness (QED) is 0.318. The van der Waals surface area contributed by atoms with E-state index < -0.39 is 46.1 Å². The first-order valence-corrected chi connectivity index (χ1v) is 7.15. The van der Waals surface area contributed by atoms with Gasteiger partial charge in [0.2, 0.25) is 5.82 Å². The Hall–Kier alpha value is -2.89. The summed E-state index contributed by atoms with van der Waals surface area (Å²) in [7, 11) is 0. The number of halogens is 4. The molecule has 2 aromatic rings. The van der Waals surface area contributed by atoms with Crippen LogP contribution in [0.2, 0.25) is 0 Å². The fraction of sp³-hybridized carbons (Fsp3) is 0.105. The van der Waals surface area contributed by atoms with Crippen LogP contribution in [0.4, 0.5) is 17.6 Å². The molecule has 6 heteroatoms. The molecule has 2 rings (SSSR count). The number of rotatable bonds is 4. The average Bonchev–Trinajstić information content (AvgIpc) is 2.54. The maximum Gasteiger partial charge on any atom is 0.338 e. The van der Waals surface area contributed by atoms with Gasteiger partial charge in [-0.05, 0) is 31.6 Å². The Bertz CT molecular complexity index is 901. The number of benzene rings is 2. The van der Waals surface area contributed by atoms with Crippen LogP contribution in [0.15, 0.2) is 43.0 Å². The standard InChI is InChI=1S/C19H14F4O2/c1-9(2)11-5-6-12(16(21)15(11)20)13-7-8-14(18(23)17(13)22)25-19(24)10(3)4/h5-8H,1,3H2,2,4H3. The Kier molecular flexibility index (Phi) is 5.11. The van der Waals surface area contributed by atoms with Crippen molar-refractivity contribution in [3.63, 3.8) is 0 Å². The first-order chi connectivity index (χ1) is 11.6. The minimum absolute atomic E-state index is 0.00705. The summed E-state index contributed by atoms with van der Waals surface area (Å²) in [4.78, 5) is 11.4. The molecule has 0 atom stereocenters. The molecule has 2 nitrogen and oxygen atoms in total. The SMILES string of the molecule is C=C(C)C(=O)Oc1ccc(-c2ccc(C(=C)C)c(F)c2F)c(F)c1F. The lowest BCUT2D eigenvalue weighted by molar-refractivity contribution is -0.130.